The quantitative estimate of drug-likeness (QED) is 0.729. The topological polar surface area (TPSA) is 66.0 Å². The molecule has 0 amide bonds. The first kappa shape index (κ1) is 16.7. The maximum absolute atomic E-state index is 4.38. The number of nitrogens with one attached hydrogen (secondary N) is 2. The van der Waals surface area contributed by atoms with E-state index in [9.17, 15) is 0 Å². The predicted molar refractivity (Wildman–Crippen MR) is 96.5 cm³/mol. The van der Waals surface area contributed by atoms with Gasteiger partial charge in [-0.3, -0.25) is 0 Å². The van der Waals surface area contributed by atoms with Crippen molar-refractivity contribution >= 4 is 23.1 Å². The van der Waals surface area contributed by atoms with Crippen LogP contribution in [-0.2, 0) is 0 Å². The van der Waals surface area contributed by atoms with Gasteiger partial charge in [-0.1, -0.05) is 6.08 Å². The summed E-state index contributed by atoms with van der Waals surface area (Å²) in [5, 5.41) is 14.3. The van der Waals surface area contributed by atoms with E-state index in [0.717, 1.165) is 24.3 Å². The minimum Gasteiger partial charge on any atom is -0.372 e. The maximum Gasteiger partial charge on any atom is 0.249 e. The first-order valence-corrected chi connectivity index (χ1v) is 7.85. The van der Waals surface area contributed by atoms with Crippen LogP contribution in [0.25, 0.3) is 0 Å². The van der Waals surface area contributed by atoms with Gasteiger partial charge in [0, 0.05) is 31.0 Å². The van der Waals surface area contributed by atoms with Crippen molar-refractivity contribution < 1.29 is 0 Å². The lowest BCUT2D eigenvalue weighted by molar-refractivity contribution is 0.865. The van der Waals surface area contributed by atoms with E-state index in [-0.39, 0.29) is 0 Å². The summed E-state index contributed by atoms with van der Waals surface area (Å²) >= 11 is 0. The molecule has 23 heavy (non-hydrogen) atoms. The Balaban J connectivity index is 2.15. The average Bonchev–Trinajstić information content (AvgIpc) is 2.57. The van der Waals surface area contributed by atoms with Crippen molar-refractivity contribution in [1.29, 1.82) is 0 Å². The van der Waals surface area contributed by atoms with Gasteiger partial charge in [-0.05, 0) is 44.5 Å². The van der Waals surface area contributed by atoms with Crippen LogP contribution >= 0.6 is 0 Å². The van der Waals surface area contributed by atoms with E-state index >= 15 is 0 Å². The van der Waals surface area contributed by atoms with Gasteiger partial charge in [-0.25, -0.2) is 0 Å². The molecule has 2 aromatic rings. The van der Waals surface area contributed by atoms with E-state index < -0.39 is 0 Å². The van der Waals surface area contributed by atoms with Crippen molar-refractivity contribution in [2.45, 2.75) is 20.8 Å². The van der Waals surface area contributed by atoms with Crippen molar-refractivity contribution in [3.8, 4) is 0 Å². The molecule has 0 aliphatic carbocycles. The Bertz CT molecular complexity index is 651. The smallest absolute Gasteiger partial charge is 0.249 e. The molecule has 6 heteroatoms. The van der Waals surface area contributed by atoms with Crippen molar-refractivity contribution in [2.24, 2.45) is 0 Å². The first-order chi connectivity index (χ1) is 11.2. The molecule has 2 N–H and O–H groups in total. The van der Waals surface area contributed by atoms with Crippen molar-refractivity contribution in [2.75, 3.05) is 35.2 Å². The third-order valence-corrected chi connectivity index (χ3v) is 3.57. The molecule has 0 aliphatic heterocycles. The molecule has 0 atom stereocenters. The lowest BCUT2D eigenvalue weighted by Crippen LogP contribution is -2.21. The molecule has 1 heterocycles. The van der Waals surface area contributed by atoms with E-state index in [0.29, 0.717) is 18.3 Å². The van der Waals surface area contributed by atoms with E-state index in [1.807, 2.05) is 0 Å². The second-order valence-electron chi connectivity index (χ2n) is 5.13. The minimum absolute atomic E-state index is 0.470. The third-order valence-electron chi connectivity index (χ3n) is 3.57. The Morgan fingerprint density at radius 3 is 2.70 bits per heavy atom. The second-order valence-corrected chi connectivity index (χ2v) is 5.13. The summed E-state index contributed by atoms with van der Waals surface area (Å²) in [4.78, 5) is 6.70. The van der Waals surface area contributed by atoms with Crippen LogP contribution < -0.4 is 15.5 Å². The molecule has 0 fully saturated rings. The predicted octanol–water partition coefficient (Wildman–Crippen LogP) is 3.37. The molecule has 0 saturated heterocycles. The summed E-state index contributed by atoms with van der Waals surface area (Å²) in [5.74, 6) is 1.14. The number of nitrogens with zero attached hydrogens (tertiary/aromatic N) is 4. The van der Waals surface area contributed by atoms with E-state index in [4.69, 9.17) is 0 Å². The molecule has 0 saturated carbocycles. The zero-order valence-electron chi connectivity index (χ0n) is 14.0. The zero-order chi connectivity index (χ0) is 16.7. The summed E-state index contributed by atoms with van der Waals surface area (Å²) in [5.41, 5.74) is 3.34. The molecule has 0 unspecified atom stereocenters. The molecule has 6 nitrogen and oxygen atoms in total. The Morgan fingerprint density at radius 1 is 1.26 bits per heavy atom. The number of hydrogen-bond acceptors (Lipinski definition) is 6. The maximum atomic E-state index is 4.38. The largest absolute Gasteiger partial charge is 0.372 e. The summed E-state index contributed by atoms with van der Waals surface area (Å²) < 4.78 is 0. The molecule has 122 valence electrons. The van der Waals surface area contributed by atoms with Gasteiger partial charge in [0.1, 0.15) is 0 Å². The number of hydrogen-bond donors (Lipinski definition) is 2. The monoisotopic (exact) mass is 312 g/mol. The zero-order valence-corrected chi connectivity index (χ0v) is 14.0. The molecule has 0 bridgehead atoms. The Labute approximate surface area is 137 Å². The molecular formula is C17H24N6. The van der Waals surface area contributed by atoms with Crippen LogP contribution in [0.5, 0.6) is 0 Å². The molecule has 0 spiro atoms. The lowest BCUT2D eigenvalue weighted by atomic mass is 10.1. The molecule has 2 rings (SSSR count). The van der Waals surface area contributed by atoms with Gasteiger partial charge in [-0.2, -0.15) is 10.1 Å². The summed E-state index contributed by atoms with van der Waals surface area (Å²) in [7, 11) is 0. The van der Waals surface area contributed by atoms with Crippen molar-refractivity contribution in [3.63, 3.8) is 0 Å². The average molecular weight is 312 g/mol. The van der Waals surface area contributed by atoms with Gasteiger partial charge >= 0.3 is 0 Å². The number of rotatable bonds is 8. The van der Waals surface area contributed by atoms with Crippen LogP contribution in [-0.4, -0.2) is 34.8 Å². The number of benzene rings is 1. The molecule has 1 aromatic carbocycles. The van der Waals surface area contributed by atoms with Gasteiger partial charge in [-0.15, -0.1) is 11.7 Å². The van der Waals surface area contributed by atoms with Crippen LogP contribution in [0.1, 0.15) is 19.4 Å². The highest BCUT2D eigenvalue weighted by Crippen LogP contribution is 2.24. The summed E-state index contributed by atoms with van der Waals surface area (Å²) in [6.45, 7) is 12.7. The molecule has 1 aromatic heterocycles. The van der Waals surface area contributed by atoms with Gasteiger partial charge in [0.25, 0.3) is 0 Å². The fourth-order valence-electron chi connectivity index (χ4n) is 2.31. The Kier molecular flexibility index (Phi) is 5.91. The van der Waals surface area contributed by atoms with E-state index in [1.54, 1.807) is 12.3 Å². The fraction of sp³-hybridized carbons (Fsp3) is 0.353. The summed E-state index contributed by atoms with van der Waals surface area (Å²) in [6.07, 6.45) is 3.36. The van der Waals surface area contributed by atoms with Crippen LogP contribution in [0.15, 0.2) is 37.1 Å². The third kappa shape index (κ3) is 4.42. The van der Waals surface area contributed by atoms with Crippen molar-refractivity contribution in [3.05, 3.63) is 42.6 Å². The van der Waals surface area contributed by atoms with Gasteiger partial charge < -0.3 is 15.5 Å². The Hall–Kier alpha value is -2.63. The highest BCUT2D eigenvalue weighted by molar-refractivity contribution is 5.64. The highest BCUT2D eigenvalue weighted by Gasteiger charge is 2.07. The van der Waals surface area contributed by atoms with E-state index in [2.05, 4.69) is 76.3 Å². The van der Waals surface area contributed by atoms with Crippen molar-refractivity contribution in [1.82, 2.24) is 15.2 Å². The Morgan fingerprint density at radius 2 is 2.04 bits per heavy atom. The minimum atomic E-state index is 0.470. The van der Waals surface area contributed by atoms with Gasteiger partial charge in [0.2, 0.25) is 5.95 Å². The first-order valence-electron chi connectivity index (χ1n) is 7.85. The number of anilines is 4. The molecule has 0 radical (unpaired) electrons. The van der Waals surface area contributed by atoms with Gasteiger partial charge in [0.05, 0.1) is 6.20 Å². The normalized spacial score (nSPS) is 10.2. The standard InChI is InChI=1S/C17H24N6/c1-5-10-18-16-12-19-22-17(21-16)20-15-9-8-14(11-13(15)4)23(6-2)7-3/h5,8-9,11-12H,1,6-7,10H2,2-4H3,(H2,18,20,21,22). The van der Waals surface area contributed by atoms with Crippen LogP contribution in [0.2, 0.25) is 0 Å². The van der Waals surface area contributed by atoms with Crippen LogP contribution in [0.3, 0.4) is 0 Å². The SMILES string of the molecule is C=CCNc1cnnc(Nc2ccc(N(CC)CC)cc2C)n1. The van der Waals surface area contributed by atoms with Crippen LogP contribution in [0.4, 0.5) is 23.1 Å². The molecule has 0 aliphatic rings. The molecular weight excluding hydrogens is 288 g/mol. The lowest BCUT2D eigenvalue weighted by Gasteiger charge is -2.22. The highest BCUT2D eigenvalue weighted by atomic mass is 15.3. The number of aromatic nitrogens is 3. The second kappa shape index (κ2) is 8.12. The fourth-order valence-corrected chi connectivity index (χ4v) is 2.31. The van der Waals surface area contributed by atoms with Crippen LogP contribution in [0, 0.1) is 6.92 Å². The number of aryl methyl sites for hydroxylation is 1. The summed E-state index contributed by atoms with van der Waals surface area (Å²) in [6, 6.07) is 6.33. The van der Waals surface area contributed by atoms with E-state index in [1.165, 1.54) is 5.69 Å². The van der Waals surface area contributed by atoms with Gasteiger partial charge in [0.15, 0.2) is 5.82 Å².